The molecular weight excluding hydrogens is 408 g/mol. The van der Waals surface area contributed by atoms with Gasteiger partial charge in [0.05, 0.1) is 18.6 Å². The number of nitrogens with one attached hydrogen (secondary N) is 1. The second-order valence-electron chi connectivity index (χ2n) is 5.76. The van der Waals surface area contributed by atoms with Gasteiger partial charge in [0, 0.05) is 34.1 Å². The maximum atomic E-state index is 13.9. The van der Waals surface area contributed by atoms with Crippen LogP contribution in [0.25, 0.3) is 10.9 Å². The van der Waals surface area contributed by atoms with Gasteiger partial charge in [0.15, 0.2) is 5.78 Å². The largest absolute Gasteiger partial charge is 0.469 e. The number of hydrogen-bond acceptors (Lipinski definition) is 3. The Balaban J connectivity index is 1.99. The molecule has 26 heavy (non-hydrogen) atoms. The minimum absolute atomic E-state index is 0.263. The Morgan fingerprint density at radius 2 is 1.96 bits per heavy atom. The molecule has 0 spiro atoms. The number of fused-ring (bicyclic) bond motifs is 1. The summed E-state index contributed by atoms with van der Waals surface area (Å²) in [6.07, 6.45) is 1.34. The molecule has 4 nitrogen and oxygen atoms in total. The van der Waals surface area contributed by atoms with Gasteiger partial charge in [-0.3, -0.25) is 9.59 Å². The van der Waals surface area contributed by atoms with Crippen LogP contribution < -0.4 is 0 Å². The molecule has 1 N–H and O–H groups in total. The molecule has 1 aromatic heterocycles. The zero-order valence-electron chi connectivity index (χ0n) is 13.7. The van der Waals surface area contributed by atoms with Crippen molar-refractivity contribution in [1.82, 2.24) is 4.98 Å². The molecule has 7 heteroatoms. The van der Waals surface area contributed by atoms with Gasteiger partial charge >= 0.3 is 5.97 Å². The van der Waals surface area contributed by atoms with Crippen LogP contribution in [0.4, 0.5) is 8.78 Å². The lowest BCUT2D eigenvalue weighted by molar-refractivity contribution is -0.142. The van der Waals surface area contributed by atoms with Crippen LogP contribution in [0.5, 0.6) is 0 Å². The summed E-state index contributed by atoms with van der Waals surface area (Å²) in [5, 5.41) is 0.752. The summed E-state index contributed by atoms with van der Waals surface area (Å²) >= 11 is 3.38. The number of ketones is 1. The van der Waals surface area contributed by atoms with Crippen molar-refractivity contribution in [2.45, 2.75) is 12.3 Å². The first kappa shape index (κ1) is 18.3. The van der Waals surface area contributed by atoms with Gasteiger partial charge in [-0.2, -0.15) is 0 Å². The molecule has 0 saturated heterocycles. The fraction of sp³-hybridized carbons (Fsp3) is 0.158. The number of H-pyrrole nitrogens is 1. The van der Waals surface area contributed by atoms with Crippen LogP contribution in [0.3, 0.4) is 0 Å². The second-order valence-corrected chi connectivity index (χ2v) is 6.68. The van der Waals surface area contributed by atoms with E-state index in [1.54, 1.807) is 6.20 Å². The topological polar surface area (TPSA) is 59.2 Å². The molecule has 1 atom stereocenters. The summed E-state index contributed by atoms with van der Waals surface area (Å²) in [6.45, 7) is 0. The zero-order chi connectivity index (χ0) is 18.8. The zero-order valence-corrected chi connectivity index (χ0v) is 15.3. The summed E-state index contributed by atoms with van der Waals surface area (Å²) in [6, 6.07) is 8.22. The first-order chi connectivity index (χ1) is 12.4. The number of Topliss-reactive ketones (excluding diaryl/α,β-unsaturated/α-hetero) is 1. The van der Waals surface area contributed by atoms with Crippen LogP contribution in [0.1, 0.15) is 28.3 Å². The molecule has 1 heterocycles. The van der Waals surface area contributed by atoms with Crippen molar-refractivity contribution in [2.24, 2.45) is 0 Å². The average molecular weight is 422 g/mol. The van der Waals surface area contributed by atoms with Crippen molar-refractivity contribution in [1.29, 1.82) is 0 Å². The highest BCUT2D eigenvalue weighted by Gasteiger charge is 2.28. The minimum Gasteiger partial charge on any atom is -0.469 e. The van der Waals surface area contributed by atoms with Crippen molar-refractivity contribution in [3.63, 3.8) is 0 Å². The molecule has 3 rings (SSSR count). The molecule has 0 amide bonds. The molecule has 0 fully saturated rings. The van der Waals surface area contributed by atoms with Gasteiger partial charge in [0.25, 0.3) is 0 Å². The third-order valence-corrected chi connectivity index (χ3v) is 4.65. The standard InChI is InChI=1S/C19H14BrF2NO3/c1-26-19(25)14(8-18(24)12-4-3-11(21)7-16(12)22)15-9-23-17-5-2-10(20)6-13(15)17/h2-7,9,14,23H,8H2,1H3. The predicted molar refractivity (Wildman–Crippen MR) is 96.1 cm³/mol. The van der Waals surface area contributed by atoms with E-state index >= 15 is 0 Å². The Hall–Kier alpha value is -2.54. The van der Waals surface area contributed by atoms with Crippen LogP contribution in [0.15, 0.2) is 47.1 Å². The summed E-state index contributed by atoms with van der Waals surface area (Å²) < 4.78 is 32.6. The Morgan fingerprint density at radius 3 is 2.65 bits per heavy atom. The maximum Gasteiger partial charge on any atom is 0.313 e. The number of rotatable bonds is 5. The van der Waals surface area contributed by atoms with Gasteiger partial charge in [-0.25, -0.2) is 8.78 Å². The van der Waals surface area contributed by atoms with Gasteiger partial charge in [-0.15, -0.1) is 0 Å². The molecule has 134 valence electrons. The number of methoxy groups -OCH3 is 1. The number of aromatic amines is 1. The lowest BCUT2D eigenvalue weighted by Crippen LogP contribution is -2.18. The smallest absolute Gasteiger partial charge is 0.313 e. The van der Waals surface area contributed by atoms with Crippen molar-refractivity contribution in [2.75, 3.05) is 7.11 Å². The molecule has 0 bridgehead atoms. The molecule has 1 unspecified atom stereocenters. The monoisotopic (exact) mass is 421 g/mol. The van der Waals surface area contributed by atoms with E-state index in [4.69, 9.17) is 4.74 Å². The number of carbonyl (C=O) groups is 2. The first-order valence-electron chi connectivity index (χ1n) is 7.73. The van der Waals surface area contributed by atoms with Gasteiger partial charge < -0.3 is 9.72 Å². The molecule has 0 radical (unpaired) electrons. The molecule has 3 aromatic rings. The number of ether oxygens (including phenoxy) is 1. The summed E-state index contributed by atoms with van der Waals surface area (Å²) in [5.41, 5.74) is 1.10. The molecular formula is C19H14BrF2NO3. The SMILES string of the molecule is COC(=O)C(CC(=O)c1ccc(F)cc1F)c1c[nH]c2ccc(Br)cc12. The van der Waals surface area contributed by atoms with Crippen molar-refractivity contribution in [3.05, 3.63) is 69.8 Å². The highest BCUT2D eigenvalue weighted by Crippen LogP contribution is 2.32. The van der Waals surface area contributed by atoms with Crippen molar-refractivity contribution in [3.8, 4) is 0 Å². The number of halogens is 3. The third-order valence-electron chi connectivity index (χ3n) is 4.16. The van der Waals surface area contributed by atoms with Crippen LogP contribution in [-0.4, -0.2) is 23.8 Å². The highest BCUT2D eigenvalue weighted by atomic mass is 79.9. The van der Waals surface area contributed by atoms with Crippen LogP contribution >= 0.6 is 15.9 Å². The van der Waals surface area contributed by atoms with Gasteiger partial charge in [-0.1, -0.05) is 15.9 Å². The number of hydrogen-bond donors (Lipinski definition) is 1. The average Bonchev–Trinajstić information content (AvgIpc) is 3.01. The van der Waals surface area contributed by atoms with Crippen molar-refractivity contribution >= 4 is 38.6 Å². The van der Waals surface area contributed by atoms with E-state index in [-0.39, 0.29) is 12.0 Å². The molecule has 0 aliphatic rings. The number of benzene rings is 2. The Kier molecular flexibility index (Phi) is 5.18. The maximum absolute atomic E-state index is 13.9. The molecule has 0 aliphatic carbocycles. The van der Waals surface area contributed by atoms with E-state index in [0.29, 0.717) is 11.6 Å². The van der Waals surface area contributed by atoms with Crippen LogP contribution in [0.2, 0.25) is 0 Å². The highest BCUT2D eigenvalue weighted by molar-refractivity contribution is 9.10. The van der Waals surface area contributed by atoms with E-state index in [0.717, 1.165) is 27.5 Å². The van der Waals surface area contributed by atoms with E-state index in [1.165, 1.54) is 7.11 Å². The summed E-state index contributed by atoms with van der Waals surface area (Å²) in [7, 11) is 1.23. The van der Waals surface area contributed by atoms with Crippen LogP contribution in [-0.2, 0) is 9.53 Å². The van der Waals surface area contributed by atoms with E-state index in [9.17, 15) is 18.4 Å². The molecule has 2 aromatic carbocycles. The Bertz CT molecular complexity index is 1000. The minimum atomic E-state index is -0.958. The lowest BCUT2D eigenvalue weighted by atomic mass is 9.91. The Labute approximate surface area is 156 Å². The number of aromatic nitrogens is 1. The predicted octanol–water partition coefficient (Wildman–Crippen LogP) is 4.74. The second kappa shape index (κ2) is 7.37. The van der Waals surface area contributed by atoms with Gasteiger partial charge in [0.1, 0.15) is 11.6 Å². The molecule has 0 aliphatic heterocycles. The Morgan fingerprint density at radius 1 is 1.19 bits per heavy atom. The lowest BCUT2D eigenvalue weighted by Gasteiger charge is -2.14. The fourth-order valence-electron chi connectivity index (χ4n) is 2.88. The van der Waals surface area contributed by atoms with Crippen molar-refractivity contribution < 1.29 is 23.1 Å². The van der Waals surface area contributed by atoms with Crippen LogP contribution in [0, 0.1) is 11.6 Å². The van der Waals surface area contributed by atoms with E-state index in [1.807, 2.05) is 18.2 Å². The van der Waals surface area contributed by atoms with E-state index < -0.39 is 29.3 Å². The number of esters is 1. The normalized spacial score (nSPS) is 12.2. The fourth-order valence-corrected chi connectivity index (χ4v) is 3.24. The van der Waals surface area contributed by atoms with Gasteiger partial charge in [0.2, 0.25) is 0 Å². The quantitative estimate of drug-likeness (QED) is 0.478. The summed E-state index contributed by atoms with van der Waals surface area (Å²) in [4.78, 5) is 27.9. The summed E-state index contributed by atoms with van der Waals surface area (Å²) in [5.74, 6) is -3.87. The first-order valence-corrected chi connectivity index (χ1v) is 8.52. The third kappa shape index (κ3) is 3.53. The van der Waals surface area contributed by atoms with Gasteiger partial charge in [-0.05, 0) is 35.9 Å². The van der Waals surface area contributed by atoms with E-state index in [2.05, 4.69) is 20.9 Å². The number of carbonyl (C=O) groups excluding carboxylic acids is 2. The molecule has 0 saturated carbocycles.